The lowest BCUT2D eigenvalue weighted by Crippen LogP contribution is -2.28. The fourth-order valence-electron chi connectivity index (χ4n) is 1.14. The summed E-state index contributed by atoms with van der Waals surface area (Å²) in [6.45, 7) is 2.87. The van der Waals surface area contributed by atoms with Crippen molar-refractivity contribution in [3.63, 3.8) is 0 Å². The van der Waals surface area contributed by atoms with Gasteiger partial charge in [0.25, 0.3) is 0 Å². The van der Waals surface area contributed by atoms with Crippen LogP contribution in [0, 0.1) is 0 Å². The Morgan fingerprint density at radius 3 is 2.17 bits per heavy atom. The van der Waals surface area contributed by atoms with Gasteiger partial charge in [-0.05, 0) is 13.0 Å². The molecule has 7 nitrogen and oxygen atoms in total. The Balaban J connectivity index is 3.30. The molecule has 0 bridgehead atoms. The van der Waals surface area contributed by atoms with Gasteiger partial charge in [-0.1, -0.05) is 0 Å². The number of carboxylic acid groups (broad SMARTS) is 1. The third-order valence-corrected chi connectivity index (χ3v) is 2.05. The van der Waals surface area contributed by atoms with Gasteiger partial charge in [0.05, 0.1) is 39.6 Å². The van der Waals surface area contributed by atoms with Gasteiger partial charge in [0.15, 0.2) is 6.10 Å². The molecular weight excluding hydrogens is 242 g/mol. The van der Waals surface area contributed by atoms with E-state index in [1.165, 1.54) is 0 Å². The van der Waals surface area contributed by atoms with Crippen LogP contribution in [0.15, 0.2) is 0 Å². The number of rotatable bonds is 13. The van der Waals surface area contributed by atoms with Crippen LogP contribution in [0.2, 0.25) is 0 Å². The second-order valence-electron chi connectivity index (χ2n) is 3.49. The lowest BCUT2D eigenvalue weighted by atomic mass is 10.2. The van der Waals surface area contributed by atoms with Crippen molar-refractivity contribution in [3.8, 4) is 0 Å². The first kappa shape index (κ1) is 17.3. The Kier molecular flexibility index (Phi) is 12.2. The smallest absolute Gasteiger partial charge is 0.332 e. The molecule has 0 spiro atoms. The van der Waals surface area contributed by atoms with Crippen LogP contribution in [-0.2, 0) is 23.7 Å². The van der Waals surface area contributed by atoms with Crippen LogP contribution >= 0.6 is 0 Å². The summed E-state index contributed by atoms with van der Waals surface area (Å²) in [7, 11) is 1.61. The average molecular weight is 265 g/mol. The van der Waals surface area contributed by atoms with Crippen LogP contribution in [-0.4, -0.2) is 70.5 Å². The maximum Gasteiger partial charge on any atom is 0.332 e. The van der Waals surface area contributed by atoms with Gasteiger partial charge in [0, 0.05) is 7.11 Å². The van der Waals surface area contributed by atoms with Gasteiger partial charge in [-0.15, -0.1) is 0 Å². The minimum atomic E-state index is -0.997. The van der Waals surface area contributed by atoms with Gasteiger partial charge >= 0.3 is 5.97 Å². The van der Waals surface area contributed by atoms with Crippen molar-refractivity contribution in [2.24, 2.45) is 5.73 Å². The zero-order chi connectivity index (χ0) is 13.6. The number of aliphatic carboxylic acids is 1. The van der Waals surface area contributed by atoms with E-state index in [0.29, 0.717) is 39.5 Å². The number of nitrogens with two attached hydrogens (primary N) is 1. The number of methoxy groups -OCH3 is 1. The Morgan fingerprint density at radius 1 is 1.11 bits per heavy atom. The highest BCUT2D eigenvalue weighted by atomic mass is 16.6. The normalized spacial score (nSPS) is 12.6. The van der Waals surface area contributed by atoms with Gasteiger partial charge in [-0.2, -0.15) is 0 Å². The van der Waals surface area contributed by atoms with Crippen molar-refractivity contribution >= 4 is 5.97 Å². The minimum absolute atomic E-state index is 0.231. The minimum Gasteiger partial charge on any atom is -0.479 e. The molecule has 0 saturated carbocycles. The standard InChI is InChI=1S/C11H23NO6/c1-15-4-5-16-6-7-17-8-9-18-10(2-3-12)11(13)14/h10H,2-9,12H2,1H3,(H,13,14). The Hall–Kier alpha value is -0.730. The van der Waals surface area contributed by atoms with E-state index in [-0.39, 0.29) is 13.2 Å². The summed E-state index contributed by atoms with van der Waals surface area (Å²) >= 11 is 0. The highest BCUT2D eigenvalue weighted by molar-refractivity contribution is 5.72. The molecule has 108 valence electrons. The first-order chi connectivity index (χ1) is 8.72. The third kappa shape index (κ3) is 10.4. The largest absolute Gasteiger partial charge is 0.479 e. The fourth-order valence-corrected chi connectivity index (χ4v) is 1.14. The molecule has 7 heteroatoms. The summed E-state index contributed by atoms with van der Waals surface area (Å²) in [4.78, 5) is 10.7. The summed E-state index contributed by atoms with van der Waals surface area (Å²) in [5.41, 5.74) is 5.28. The number of carbonyl (C=O) groups is 1. The number of carboxylic acids is 1. The van der Waals surface area contributed by atoms with Crippen LogP contribution in [0.1, 0.15) is 6.42 Å². The number of hydrogen-bond acceptors (Lipinski definition) is 6. The highest BCUT2D eigenvalue weighted by Crippen LogP contribution is 1.97. The molecule has 3 N–H and O–H groups in total. The lowest BCUT2D eigenvalue weighted by Gasteiger charge is -2.12. The molecule has 0 aromatic heterocycles. The quantitative estimate of drug-likeness (QED) is 0.432. The van der Waals surface area contributed by atoms with E-state index in [1.807, 2.05) is 0 Å². The lowest BCUT2D eigenvalue weighted by molar-refractivity contribution is -0.151. The first-order valence-electron chi connectivity index (χ1n) is 5.91. The van der Waals surface area contributed by atoms with E-state index in [1.54, 1.807) is 7.11 Å². The van der Waals surface area contributed by atoms with Gasteiger partial charge in [0.2, 0.25) is 0 Å². The number of ether oxygens (including phenoxy) is 4. The maximum atomic E-state index is 10.7. The highest BCUT2D eigenvalue weighted by Gasteiger charge is 2.16. The molecular formula is C11H23NO6. The van der Waals surface area contributed by atoms with Crippen LogP contribution in [0.25, 0.3) is 0 Å². The first-order valence-corrected chi connectivity index (χ1v) is 5.91. The zero-order valence-electron chi connectivity index (χ0n) is 10.8. The number of hydrogen-bond donors (Lipinski definition) is 2. The molecule has 0 aliphatic rings. The van der Waals surface area contributed by atoms with Crippen molar-refractivity contribution in [1.82, 2.24) is 0 Å². The summed E-state index contributed by atoms with van der Waals surface area (Å²) < 4.78 is 20.3. The molecule has 0 radical (unpaired) electrons. The molecule has 0 fully saturated rings. The van der Waals surface area contributed by atoms with Crippen LogP contribution in [0.5, 0.6) is 0 Å². The molecule has 0 heterocycles. The predicted octanol–water partition coefficient (Wildman–Crippen LogP) is -0.515. The summed E-state index contributed by atoms with van der Waals surface area (Å²) in [5, 5.41) is 8.77. The molecule has 0 amide bonds. The van der Waals surface area contributed by atoms with Crippen LogP contribution in [0.3, 0.4) is 0 Å². The van der Waals surface area contributed by atoms with Crippen molar-refractivity contribution in [2.45, 2.75) is 12.5 Å². The topological polar surface area (TPSA) is 100 Å². The van der Waals surface area contributed by atoms with E-state index in [0.717, 1.165) is 0 Å². The van der Waals surface area contributed by atoms with E-state index in [9.17, 15) is 4.79 Å². The molecule has 0 aliphatic carbocycles. The molecule has 1 unspecified atom stereocenters. The monoisotopic (exact) mass is 265 g/mol. The molecule has 0 aromatic rings. The molecule has 0 rings (SSSR count). The second-order valence-corrected chi connectivity index (χ2v) is 3.49. The van der Waals surface area contributed by atoms with Crippen molar-refractivity contribution in [3.05, 3.63) is 0 Å². The third-order valence-electron chi connectivity index (χ3n) is 2.05. The van der Waals surface area contributed by atoms with Gasteiger partial charge < -0.3 is 29.8 Å². The Labute approximate surface area is 107 Å². The van der Waals surface area contributed by atoms with E-state index >= 15 is 0 Å². The van der Waals surface area contributed by atoms with Crippen LogP contribution in [0.4, 0.5) is 0 Å². The van der Waals surface area contributed by atoms with Crippen LogP contribution < -0.4 is 5.73 Å². The molecule has 0 aromatic carbocycles. The summed E-state index contributed by atoms with van der Waals surface area (Å²) in [5.74, 6) is -0.997. The van der Waals surface area contributed by atoms with E-state index in [4.69, 9.17) is 29.8 Å². The molecule has 18 heavy (non-hydrogen) atoms. The van der Waals surface area contributed by atoms with Crippen molar-refractivity contribution < 1.29 is 28.8 Å². The Bertz CT molecular complexity index is 202. The summed E-state index contributed by atoms with van der Waals surface area (Å²) in [6, 6.07) is 0. The maximum absolute atomic E-state index is 10.7. The zero-order valence-corrected chi connectivity index (χ0v) is 10.8. The van der Waals surface area contributed by atoms with Gasteiger partial charge in [0.1, 0.15) is 0 Å². The summed E-state index contributed by atoms with van der Waals surface area (Å²) in [6.07, 6.45) is -0.549. The average Bonchev–Trinajstić information content (AvgIpc) is 2.35. The van der Waals surface area contributed by atoms with Crippen molar-refractivity contribution in [2.75, 3.05) is 53.3 Å². The molecule has 0 saturated heterocycles. The second kappa shape index (κ2) is 12.7. The van der Waals surface area contributed by atoms with E-state index < -0.39 is 12.1 Å². The Morgan fingerprint density at radius 2 is 1.67 bits per heavy atom. The SMILES string of the molecule is COCCOCCOCCOC(CCN)C(=O)O. The molecule has 0 aliphatic heterocycles. The van der Waals surface area contributed by atoms with E-state index in [2.05, 4.69) is 0 Å². The van der Waals surface area contributed by atoms with Gasteiger partial charge in [-0.25, -0.2) is 4.79 Å². The predicted molar refractivity (Wildman–Crippen MR) is 64.6 cm³/mol. The van der Waals surface area contributed by atoms with Crippen molar-refractivity contribution in [1.29, 1.82) is 0 Å². The fraction of sp³-hybridized carbons (Fsp3) is 0.909. The van der Waals surface area contributed by atoms with Gasteiger partial charge in [-0.3, -0.25) is 0 Å². The molecule has 1 atom stereocenters.